The summed E-state index contributed by atoms with van der Waals surface area (Å²) >= 11 is 0. The molecule has 0 bridgehead atoms. The van der Waals surface area contributed by atoms with Crippen LogP contribution in [-0.2, 0) is 25.6 Å². The zero-order valence-corrected chi connectivity index (χ0v) is 16.0. The number of alkyl halides is 2. The van der Waals surface area contributed by atoms with Crippen molar-refractivity contribution in [2.24, 2.45) is 0 Å². The van der Waals surface area contributed by atoms with Crippen LogP contribution >= 0.6 is 0 Å². The van der Waals surface area contributed by atoms with E-state index >= 15 is 0 Å². The van der Waals surface area contributed by atoms with E-state index in [0.29, 0.717) is 16.7 Å². The standard InChI is InChI=1S/C19H21F2NO6/c1-18(2,3)28-17(24)22-9-11(8-14(22)16(23)25-4)12-6-5-7-15-13(12)10-26-19(20,21)27-15/h5-8,14H,9-10H2,1-4H3/t14-/m1/s1. The maximum atomic E-state index is 13.3. The van der Waals surface area contributed by atoms with Crippen molar-refractivity contribution >= 4 is 17.6 Å². The van der Waals surface area contributed by atoms with Gasteiger partial charge in [0.25, 0.3) is 0 Å². The van der Waals surface area contributed by atoms with Gasteiger partial charge in [0.2, 0.25) is 0 Å². The van der Waals surface area contributed by atoms with Crippen LogP contribution in [0.4, 0.5) is 13.6 Å². The largest absolute Gasteiger partial charge is 0.535 e. The van der Waals surface area contributed by atoms with E-state index in [0.717, 1.165) is 0 Å². The SMILES string of the molecule is COC(=O)[C@H]1C=C(c2cccc3c2COC(F)(F)O3)CN1C(=O)OC(C)(C)C. The molecule has 0 spiro atoms. The van der Waals surface area contributed by atoms with Gasteiger partial charge < -0.3 is 14.2 Å². The molecule has 1 aromatic rings. The summed E-state index contributed by atoms with van der Waals surface area (Å²) in [6.45, 7) is 4.81. The predicted molar refractivity (Wildman–Crippen MR) is 93.5 cm³/mol. The number of hydrogen-bond donors (Lipinski definition) is 0. The monoisotopic (exact) mass is 397 g/mol. The topological polar surface area (TPSA) is 74.3 Å². The third-order valence-corrected chi connectivity index (χ3v) is 4.20. The number of hydrogen-bond acceptors (Lipinski definition) is 6. The molecule has 0 unspecified atom stereocenters. The molecule has 28 heavy (non-hydrogen) atoms. The Balaban J connectivity index is 1.93. The van der Waals surface area contributed by atoms with Gasteiger partial charge in [0.05, 0.1) is 20.3 Å². The molecular formula is C19H21F2NO6. The summed E-state index contributed by atoms with van der Waals surface area (Å²) in [6, 6.07) is 3.67. The minimum atomic E-state index is -3.70. The molecule has 2 heterocycles. The van der Waals surface area contributed by atoms with Gasteiger partial charge in [0.15, 0.2) is 6.04 Å². The number of halogens is 2. The Morgan fingerprint density at radius 2 is 2.00 bits per heavy atom. The van der Waals surface area contributed by atoms with Gasteiger partial charge in [-0.1, -0.05) is 12.1 Å². The third-order valence-electron chi connectivity index (χ3n) is 4.20. The van der Waals surface area contributed by atoms with Crippen molar-refractivity contribution in [2.45, 2.75) is 45.3 Å². The van der Waals surface area contributed by atoms with Crippen LogP contribution in [-0.4, -0.2) is 48.6 Å². The molecule has 7 nitrogen and oxygen atoms in total. The first-order chi connectivity index (χ1) is 13.0. The van der Waals surface area contributed by atoms with Crippen molar-refractivity contribution in [1.82, 2.24) is 4.90 Å². The van der Waals surface area contributed by atoms with Crippen molar-refractivity contribution in [3.8, 4) is 5.75 Å². The summed E-state index contributed by atoms with van der Waals surface area (Å²) in [4.78, 5) is 26.0. The second-order valence-corrected chi connectivity index (χ2v) is 7.40. The van der Waals surface area contributed by atoms with E-state index in [1.54, 1.807) is 39.0 Å². The maximum absolute atomic E-state index is 13.3. The fraction of sp³-hybridized carbons (Fsp3) is 0.474. The van der Waals surface area contributed by atoms with Gasteiger partial charge in [-0.15, -0.1) is 8.78 Å². The molecule has 0 saturated heterocycles. The number of amides is 1. The Kier molecular flexibility index (Phi) is 5.05. The first-order valence-corrected chi connectivity index (χ1v) is 8.62. The molecule has 0 aliphatic carbocycles. The number of carbonyl (C=O) groups is 2. The quantitative estimate of drug-likeness (QED) is 0.713. The van der Waals surface area contributed by atoms with Gasteiger partial charge in [-0.3, -0.25) is 9.64 Å². The molecule has 2 aliphatic heterocycles. The van der Waals surface area contributed by atoms with E-state index in [1.165, 1.54) is 18.1 Å². The fourth-order valence-electron chi connectivity index (χ4n) is 3.03. The van der Waals surface area contributed by atoms with Crippen LogP contribution in [0, 0.1) is 0 Å². The van der Waals surface area contributed by atoms with Gasteiger partial charge in [0.1, 0.15) is 11.4 Å². The lowest BCUT2D eigenvalue weighted by molar-refractivity contribution is -0.368. The van der Waals surface area contributed by atoms with Crippen molar-refractivity contribution in [1.29, 1.82) is 0 Å². The van der Waals surface area contributed by atoms with E-state index in [9.17, 15) is 18.4 Å². The number of rotatable bonds is 2. The van der Waals surface area contributed by atoms with Crippen LogP contribution in [0.15, 0.2) is 24.3 Å². The second kappa shape index (κ2) is 7.05. The molecule has 3 rings (SSSR count). The highest BCUT2D eigenvalue weighted by Crippen LogP contribution is 2.39. The Hall–Kier alpha value is -2.68. The lowest BCUT2D eigenvalue weighted by Crippen LogP contribution is -2.44. The average Bonchev–Trinajstić information content (AvgIpc) is 3.03. The van der Waals surface area contributed by atoms with E-state index in [1.807, 2.05) is 0 Å². The van der Waals surface area contributed by atoms with Crippen LogP contribution in [0.1, 0.15) is 31.9 Å². The van der Waals surface area contributed by atoms with E-state index in [2.05, 4.69) is 9.47 Å². The lowest BCUT2D eigenvalue weighted by Gasteiger charge is -2.28. The van der Waals surface area contributed by atoms with Crippen LogP contribution in [0.5, 0.6) is 5.75 Å². The molecule has 2 aliphatic rings. The highest BCUT2D eigenvalue weighted by Gasteiger charge is 2.41. The molecule has 0 radical (unpaired) electrons. The zero-order valence-electron chi connectivity index (χ0n) is 16.0. The molecular weight excluding hydrogens is 376 g/mol. The number of carbonyl (C=O) groups excluding carboxylic acids is 2. The number of nitrogens with zero attached hydrogens (tertiary/aromatic N) is 1. The average molecular weight is 397 g/mol. The van der Waals surface area contributed by atoms with Gasteiger partial charge in [-0.25, -0.2) is 9.59 Å². The van der Waals surface area contributed by atoms with Gasteiger partial charge in [0, 0.05) is 5.56 Å². The Labute approximate surface area is 160 Å². The fourth-order valence-corrected chi connectivity index (χ4v) is 3.03. The van der Waals surface area contributed by atoms with Gasteiger partial charge in [-0.05, 0) is 44.1 Å². The number of fused-ring (bicyclic) bond motifs is 1. The third kappa shape index (κ3) is 4.09. The summed E-state index contributed by atoms with van der Waals surface area (Å²) in [6.07, 6.45) is -2.83. The van der Waals surface area contributed by atoms with E-state index < -0.39 is 30.0 Å². The normalized spacial score (nSPS) is 20.7. The first kappa shape index (κ1) is 20.1. The second-order valence-electron chi connectivity index (χ2n) is 7.40. The number of benzene rings is 1. The molecule has 0 saturated carbocycles. The molecule has 1 aromatic carbocycles. The smallest absolute Gasteiger partial charge is 0.467 e. The molecule has 0 fully saturated rings. The van der Waals surface area contributed by atoms with Crippen molar-refractivity contribution in [2.75, 3.05) is 13.7 Å². The van der Waals surface area contributed by atoms with E-state index in [-0.39, 0.29) is 18.9 Å². The van der Waals surface area contributed by atoms with Gasteiger partial charge in [-0.2, -0.15) is 0 Å². The minimum absolute atomic E-state index is 0.0139. The summed E-state index contributed by atoms with van der Waals surface area (Å²) < 4.78 is 45.9. The number of ether oxygens (including phenoxy) is 4. The van der Waals surface area contributed by atoms with Crippen LogP contribution < -0.4 is 4.74 Å². The molecule has 1 atom stereocenters. The Morgan fingerprint density at radius 3 is 2.64 bits per heavy atom. The van der Waals surface area contributed by atoms with Crippen molar-refractivity contribution in [3.63, 3.8) is 0 Å². The molecule has 152 valence electrons. The molecule has 0 N–H and O–H groups in total. The molecule has 0 aromatic heterocycles. The Bertz CT molecular complexity index is 830. The first-order valence-electron chi connectivity index (χ1n) is 8.62. The molecule has 9 heteroatoms. The minimum Gasteiger partial charge on any atom is -0.467 e. The highest BCUT2D eigenvalue weighted by molar-refractivity contribution is 5.90. The van der Waals surface area contributed by atoms with Crippen molar-refractivity contribution in [3.05, 3.63) is 35.4 Å². The van der Waals surface area contributed by atoms with Gasteiger partial charge >= 0.3 is 18.4 Å². The zero-order chi connectivity index (χ0) is 20.7. The molecule has 1 amide bonds. The Morgan fingerprint density at radius 1 is 1.29 bits per heavy atom. The number of esters is 1. The van der Waals surface area contributed by atoms with Crippen LogP contribution in [0.25, 0.3) is 5.57 Å². The maximum Gasteiger partial charge on any atom is 0.535 e. The van der Waals surface area contributed by atoms with Crippen LogP contribution in [0.3, 0.4) is 0 Å². The van der Waals surface area contributed by atoms with E-state index in [4.69, 9.17) is 9.47 Å². The highest BCUT2D eigenvalue weighted by atomic mass is 19.3. The summed E-state index contributed by atoms with van der Waals surface area (Å²) in [7, 11) is 1.22. The van der Waals surface area contributed by atoms with Crippen LogP contribution in [0.2, 0.25) is 0 Å². The summed E-state index contributed by atoms with van der Waals surface area (Å²) in [5.74, 6) is -0.648. The van der Waals surface area contributed by atoms with Crippen molar-refractivity contribution < 1.29 is 37.3 Å². The lowest BCUT2D eigenvalue weighted by atomic mass is 9.99. The number of methoxy groups -OCH3 is 1. The summed E-state index contributed by atoms with van der Waals surface area (Å²) in [5, 5.41) is 0. The predicted octanol–water partition coefficient (Wildman–Crippen LogP) is 3.32. The summed E-state index contributed by atoms with van der Waals surface area (Å²) in [5.41, 5.74) is 0.789.